The number of thiazole rings is 1. The lowest BCUT2D eigenvalue weighted by molar-refractivity contribution is 0.102. The van der Waals surface area contributed by atoms with Crippen molar-refractivity contribution in [2.24, 2.45) is 0 Å². The van der Waals surface area contributed by atoms with Crippen LogP contribution in [0, 0.1) is 13.8 Å². The Balaban J connectivity index is 1.82. The number of hydrogen-bond donors (Lipinski definition) is 2. The fourth-order valence-corrected chi connectivity index (χ4v) is 5.04. The number of sulfonamides is 1. The summed E-state index contributed by atoms with van der Waals surface area (Å²) in [6.45, 7) is 8.88. The van der Waals surface area contributed by atoms with E-state index in [0.29, 0.717) is 27.0 Å². The summed E-state index contributed by atoms with van der Waals surface area (Å²) >= 11 is 1.22. The van der Waals surface area contributed by atoms with Crippen molar-refractivity contribution < 1.29 is 17.6 Å². The Hall–Kier alpha value is -2.49. The monoisotopic (exact) mass is 433 g/mol. The normalized spacial score (nSPS) is 12.2. The first-order valence-corrected chi connectivity index (χ1v) is 11.2. The van der Waals surface area contributed by atoms with Crippen LogP contribution in [0.1, 0.15) is 41.9 Å². The average Bonchev–Trinajstić information content (AvgIpc) is 3.19. The van der Waals surface area contributed by atoms with E-state index < -0.39 is 15.6 Å². The zero-order valence-corrected chi connectivity index (χ0v) is 18.5. The Kier molecular flexibility index (Phi) is 5.66. The summed E-state index contributed by atoms with van der Waals surface area (Å²) in [4.78, 5) is 17.7. The number of carbonyl (C=O) groups is 1. The van der Waals surface area contributed by atoms with Crippen LogP contribution in [0.25, 0.3) is 10.8 Å². The standard InChI is InChI=1S/C20H23N3O4S2/c1-12-9-10-16(27-12)19-21-13(2)17(28-19)18(24)22-14-7-6-8-15(11-14)29(25,26)23-20(3,4)5/h6-11,23H,1-5H3,(H,22,24). The molecule has 0 spiro atoms. The summed E-state index contributed by atoms with van der Waals surface area (Å²) in [5.41, 5.74) is 0.350. The Labute approximate surface area is 174 Å². The van der Waals surface area contributed by atoms with Gasteiger partial charge in [0.1, 0.15) is 10.6 Å². The highest BCUT2D eigenvalue weighted by Crippen LogP contribution is 2.30. The van der Waals surface area contributed by atoms with Gasteiger partial charge >= 0.3 is 0 Å². The van der Waals surface area contributed by atoms with Crippen molar-refractivity contribution >= 4 is 33.0 Å². The minimum absolute atomic E-state index is 0.0815. The second-order valence-electron chi connectivity index (χ2n) is 7.68. The zero-order chi connectivity index (χ0) is 21.4. The van der Waals surface area contributed by atoms with Crippen molar-refractivity contribution in [1.29, 1.82) is 0 Å². The van der Waals surface area contributed by atoms with Crippen molar-refractivity contribution in [3.63, 3.8) is 0 Å². The van der Waals surface area contributed by atoms with Gasteiger partial charge in [-0.1, -0.05) is 6.07 Å². The van der Waals surface area contributed by atoms with Gasteiger partial charge in [-0.2, -0.15) is 0 Å². The highest BCUT2D eigenvalue weighted by Gasteiger charge is 2.23. The Morgan fingerprint density at radius 3 is 2.48 bits per heavy atom. The Morgan fingerprint density at radius 2 is 1.86 bits per heavy atom. The molecule has 9 heteroatoms. The molecule has 0 atom stereocenters. The molecule has 0 aliphatic heterocycles. The average molecular weight is 434 g/mol. The number of anilines is 1. The largest absolute Gasteiger partial charge is 0.459 e. The van der Waals surface area contributed by atoms with E-state index in [9.17, 15) is 13.2 Å². The molecule has 3 aromatic rings. The van der Waals surface area contributed by atoms with Crippen LogP contribution in [0.5, 0.6) is 0 Å². The van der Waals surface area contributed by atoms with Gasteiger partial charge in [-0.05, 0) is 65.0 Å². The van der Waals surface area contributed by atoms with Gasteiger partial charge in [-0.25, -0.2) is 18.1 Å². The summed E-state index contributed by atoms with van der Waals surface area (Å²) < 4.78 is 33.2. The molecular formula is C20H23N3O4S2. The first kappa shape index (κ1) is 21.2. The van der Waals surface area contributed by atoms with Crippen LogP contribution in [0.3, 0.4) is 0 Å². The number of aryl methyl sites for hydroxylation is 2. The van der Waals surface area contributed by atoms with E-state index in [1.807, 2.05) is 19.1 Å². The third kappa shape index (κ3) is 5.11. The molecule has 0 radical (unpaired) electrons. The zero-order valence-electron chi connectivity index (χ0n) is 16.9. The number of nitrogens with zero attached hydrogens (tertiary/aromatic N) is 1. The summed E-state index contributed by atoms with van der Waals surface area (Å²) in [5, 5.41) is 3.37. The Morgan fingerprint density at radius 1 is 1.14 bits per heavy atom. The second-order valence-corrected chi connectivity index (χ2v) is 10.4. The molecule has 1 aromatic carbocycles. The number of amides is 1. The van der Waals surface area contributed by atoms with Crippen LogP contribution in [0.2, 0.25) is 0 Å². The van der Waals surface area contributed by atoms with E-state index in [0.717, 1.165) is 5.76 Å². The van der Waals surface area contributed by atoms with E-state index in [-0.39, 0.29) is 10.8 Å². The van der Waals surface area contributed by atoms with Gasteiger partial charge in [0.25, 0.3) is 5.91 Å². The van der Waals surface area contributed by atoms with Crippen molar-refractivity contribution in [2.45, 2.75) is 45.1 Å². The molecule has 0 bridgehead atoms. The molecule has 154 valence electrons. The van der Waals surface area contributed by atoms with Crippen molar-refractivity contribution in [1.82, 2.24) is 9.71 Å². The highest BCUT2D eigenvalue weighted by atomic mass is 32.2. The molecule has 3 rings (SSSR count). The number of benzene rings is 1. The molecule has 1 amide bonds. The minimum atomic E-state index is -3.70. The minimum Gasteiger partial charge on any atom is -0.459 e. The smallest absolute Gasteiger partial charge is 0.267 e. The molecule has 0 unspecified atom stereocenters. The fourth-order valence-electron chi connectivity index (χ4n) is 2.65. The van der Waals surface area contributed by atoms with Gasteiger partial charge in [-0.3, -0.25) is 4.79 Å². The molecule has 2 N–H and O–H groups in total. The summed E-state index contributed by atoms with van der Waals surface area (Å²) in [6.07, 6.45) is 0. The number of nitrogens with one attached hydrogen (secondary N) is 2. The van der Waals surface area contributed by atoms with E-state index in [1.54, 1.807) is 39.8 Å². The molecule has 2 aromatic heterocycles. The lowest BCUT2D eigenvalue weighted by atomic mass is 10.1. The van der Waals surface area contributed by atoms with Crippen molar-refractivity contribution in [2.75, 3.05) is 5.32 Å². The van der Waals surface area contributed by atoms with E-state index >= 15 is 0 Å². The molecule has 0 saturated carbocycles. The predicted molar refractivity (Wildman–Crippen MR) is 114 cm³/mol. The molecule has 0 saturated heterocycles. The summed E-state index contributed by atoms with van der Waals surface area (Å²) in [7, 11) is -3.70. The maximum atomic E-state index is 12.7. The predicted octanol–water partition coefficient (Wildman–Crippen LogP) is 4.35. The number of furan rings is 1. The maximum Gasteiger partial charge on any atom is 0.267 e. The van der Waals surface area contributed by atoms with E-state index in [2.05, 4.69) is 15.0 Å². The van der Waals surface area contributed by atoms with Crippen LogP contribution < -0.4 is 10.0 Å². The summed E-state index contributed by atoms with van der Waals surface area (Å²) in [6, 6.07) is 9.79. The lowest BCUT2D eigenvalue weighted by Crippen LogP contribution is -2.40. The van der Waals surface area contributed by atoms with Gasteiger partial charge in [0.15, 0.2) is 10.8 Å². The van der Waals surface area contributed by atoms with Gasteiger partial charge in [0, 0.05) is 11.2 Å². The molecule has 0 aliphatic carbocycles. The molecular weight excluding hydrogens is 410 g/mol. The highest BCUT2D eigenvalue weighted by molar-refractivity contribution is 7.89. The van der Waals surface area contributed by atoms with Crippen LogP contribution in [-0.4, -0.2) is 24.8 Å². The van der Waals surface area contributed by atoms with Crippen LogP contribution >= 0.6 is 11.3 Å². The fraction of sp³-hybridized carbons (Fsp3) is 0.300. The third-order valence-electron chi connectivity index (χ3n) is 3.80. The quantitative estimate of drug-likeness (QED) is 0.623. The molecule has 0 fully saturated rings. The molecule has 29 heavy (non-hydrogen) atoms. The van der Waals surface area contributed by atoms with Crippen molar-refractivity contribution in [3.8, 4) is 10.8 Å². The first-order valence-electron chi connectivity index (χ1n) is 8.94. The number of carbonyl (C=O) groups excluding carboxylic acids is 1. The summed E-state index contributed by atoms with van der Waals surface area (Å²) in [5.74, 6) is 1.02. The lowest BCUT2D eigenvalue weighted by Gasteiger charge is -2.20. The van der Waals surface area contributed by atoms with Crippen LogP contribution in [0.4, 0.5) is 5.69 Å². The number of hydrogen-bond acceptors (Lipinski definition) is 6. The van der Waals surface area contributed by atoms with Crippen molar-refractivity contribution in [3.05, 3.63) is 52.7 Å². The van der Waals surface area contributed by atoms with Gasteiger partial charge in [0.05, 0.1) is 10.6 Å². The van der Waals surface area contributed by atoms with E-state index in [1.165, 1.54) is 23.5 Å². The Bertz CT molecular complexity index is 1150. The molecule has 7 nitrogen and oxygen atoms in total. The van der Waals surface area contributed by atoms with Gasteiger partial charge < -0.3 is 9.73 Å². The number of aromatic nitrogens is 1. The molecule has 0 aliphatic rings. The molecule has 2 heterocycles. The van der Waals surface area contributed by atoms with E-state index in [4.69, 9.17) is 4.42 Å². The first-order chi connectivity index (χ1) is 13.4. The van der Waals surface area contributed by atoms with Crippen LogP contribution in [-0.2, 0) is 10.0 Å². The second kappa shape index (κ2) is 7.74. The van der Waals surface area contributed by atoms with Gasteiger partial charge in [-0.15, -0.1) is 11.3 Å². The maximum absolute atomic E-state index is 12.7. The SMILES string of the molecule is Cc1ccc(-c2nc(C)c(C(=O)Nc3cccc(S(=O)(=O)NC(C)(C)C)c3)s2)o1. The third-order valence-corrected chi connectivity index (χ3v) is 6.72. The van der Waals surface area contributed by atoms with Gasteiger partial charge in [0.2, 0.25) is 10.0 Å². The van der Waals surface area contributed by atoms with Crippen LogP contribution in [0.15, 0.2) is 45.7 Å². The topological polar surface area (TPSA) is 101 Å². The number of rotatable bonds is 5.